The maximum atomic E-state index is 12.3. The summed E-state index contributed by atoms with van der Waals surface area (Å²) in [6.07, 6.45) is 1.38. The van der Waals surface area contributed by atoms with Gasteiger partial charge < -0.3 is 15.0 Å². The molecule has 5 nitrogen and oxygen atoms in total. The fourth-order valence-corrected chi connectivity index (χ4v) is 2.89. The van der Waals surface area contributed by atoms with E-state index >= 15 is 0 Å². The molecule has 1 amide bonds. The van der Waals surface area contributed by atoms with Crippen molar-refractivity contribution < 1.29 is 9.53 Å². The van der Waals surface area contributed by atoms with Gasteiger partial charge in [-0.2, -0.15) is 0 Å². The van der Waals surface area contributed by atoms with Gasteiger partial charge in [-0.3, -0.25) is 9.69 Å². The molecule has 1 heterocycles. The summed E-state index contributed by atoms with van der Waals surface area (Å²) in [5.74, 6) is 0.721. The number of para-hydroxylation sites is 2. The van der Waals surface area contributed by atoms with E-state index in [2.05, 4.69) is 35.7 Å². The van der Waals surface area contributed by atoms with Gasteiger partial charge in [-0.05, 0) is 45.0 Å². The Kier molecular flexibility index (Phi) is 7.47. The molecule has 0 aliphatic carbocycles. The molecule has 0 saturated carbocycles. The minimum Gasteiger partial charge on any atom is -0.487 e. The molecule has 1 aliphatic heterocycles. The number of nitrogens with one attached hydrogen (secondary N) is 1. The van der Waals surface area contributed by atoms with Crippen molar-refractivity contribution in [3.8, 4) is 5.75 Å². The van der Waals surface area contributed by atoms with Crippen LogP contribution in [-0.4, -0.2) is 61.6 Å². The van der Waals surface area contributed by atoms with Gasteiger partial charge in [0, 0.05) is 38.6 Å². The third kappa shape index (κ3) is 6.52. The molecule has 0 bridgehead atoms. The third-order valence-electron chi connectivity index (χ3n) is 4.59. The first kappa shape index (κ1) is 19.5. The molecule has 1 fully saturated rings. The maximum absolute atomic E-state index is 12.3. The summed E-state index contributed by atoms with van der Waals surface area (Å²) in [7, 11) is 2.16. The number of anilines is 1. The predicted octanol–water partition coefficient (Wildman–Crippen LogP) is 3.00. The number of benzene rings is 1. The average molecular weight is 345 g/mol. The van der Waals surface area contributed by atoms with Crippen molar-refractivity contribution >= 4 is 11.6 Å². The second kappa shape index (κ2) is 9.59. The lowest BCUT2D eigenvalue weighted by atomic mass is 10.1. The van der Waals surface area contributed by atoms with Crippen molar-refractivity contribution in [1.82, 2.24) is 9.80 Å². The van der Waals surface area contributed by atoms with Crippen LogP contribution >= 0.6 is 0 Å². The largest absolute Gasteiger partial charge is 0.487 e. The standard InChI is InChI=1S/C20H31N3O2/c1-16(2)15-25-19-8-6-5-7-18(19)21-20(24)10-9-17(3)23-13-11-22(4)12-14-23/h5-8,17H,1,9-15H2,2-4H3,(H,21,24). The molecular formula is C20H31N3O2. The first-order valence-electron chi connectivity index (χ1n) is 9.04. The maximum Gasteiger partial charge on any atom is 0.224 e. The van der Waals surface area contributed by atoms with E-state index < -0.39 is 0 Å². The molecule has 138 valence electrons. The van der Waals surface area contributed by atoms with Crippen LogP contribution in [0.1, 0.15) is 26.7 Å². The van der Waals surface area contributed by atoms with Gasteiger partial charge >= 0.3 is 0 Å². The molecule has 0 aromatic heterocycles. The molecule has 1 aromatic carbocycles. The van der Waals surface area contributed by atoms with Crippen molar-refractivity contribution in [2.24, 2.45) is 0 Å². The van der Waals surface area contributed by atoms with E-state index in [0.29, 0.717) is 24.8 Å². The quantitative estimate of drug-likeness (QED) is 0.736. The summed E-state index contributed by atoms with van der Waals surface area (Å²) >= 11 is 0. The van der Waals surface area contributed by atoms with Crippen LogP contribution in [0.3, 0.4) is 0 Å². The van der Waals surface area contributed by atoms with E-state index in [4.69, 9.17) is 4.74 Å². The third-order valence-corrected chi connectivity index (χ3v) is 4.59. The van der Waals surface area contributed by atoms with Crippen LogP contribution in [0.4, 0.5) is 5.69 Å². The zero-order valence-corrected chi connectivity index (χ0v) is 15.8. The first-order valence-corrected chi connectivity index (χ1v) is 9.04. The smallest absolute Gasteiger partial charge is 0.224 e. The number of carbonyl (C=O) groups is 1. The Morgan fingerprint density at radius 2 is 1.96 bits per heavy atom. The van der Waals surface area contributed by atoms with Crippen molar-refractivity contribution in [3.63, 3.8) is 0 Å². The van der Waals surface area contributed by atoms with E-state index in [-0.39, 0.29) is 5.91 Å². The number of likely N-dealkylation sites (N-methyl/N-ethyl adjacent to an activating group) is 1. The molecule has 1 saturated heterocycles. The highest BCUT2D eigenvalue weighted by Gasteiger charge is 2.19. The SMILES string of the molecule is C=C(C)COc1ccccc1NC(=O)CCC(C)N1CCN(C)CC1. The molecule has 1 atom stereocenters. The molecule has 1 unspecified atom stereocenters. The predicted molar refractivity (Wildman–Crippen MR) is 103 cm³/mol. The van der Waals surface area contributed by atoms with Gasteiger partial charge in [0.25, 0.3) is 0 Å². The summed E-state index contributed by atoms with van der Waals surface area (Å²) in [6, 6.07) is 7.96. The summed E-state index contributed by atoms with van der Waals surface area (Å²) in [6.45, 7) is 12.8. The number of ether oxygens (including phenoxy) is 1. The molecule has 0 spiro atoms. The highest BCUT2D eigenvalue weighted by atomic mass is 16.5. The lowest BCUT2D eigenvalue weighted by molar-refractivity contribution is -0.116. The molecule has 5 heteroatoms. The second-order valence-electron chi connectivity index (χ2n) is 7.02. The van der Waals surface area contributed by atoms with Crippen LogP contribution in [0.2, 0.25) is 0 Å². The highest BCUT2D eigenvalue weighted by Crippen LogP contribution is 2.24. The second-order valence-corrected chi connectivity index (χ2v) is 7.02. The number of nitrogens with zero attached hydrogens (tertiary/aromatic N) is 2. The van der Waals surface area contributed by atoms with E-state index in [9.17, 15) is 4.79 Å². The van der Waals surface area contributed by atoms with E-state index in [0.717, 1.165) is 43.9 Å². The minimum atomic E-state index is 0.0346. The number of piperazine rings is 1. The van der Waals surface area contributed by atoms with Crippen molar-refractivity contribution in [3.05, 3.63) is 36.4 Å². The van der Waals surface area contributed by atoms with Gasteiger partial charge in [-0.15, -0.1) is 0 Å². The zero-order chi connectivity index (χ0) is 18.2. The number of hydrogen-bond donors (Lipinski definition) is 1. The van der Waals surface area contributed by atoms with Crippen LogP contribution in [0.25, 0.3) is 0 Å². The molecule has 1 N–H and O–H groups in total. The van der Waals surface area contributed by atoms with Crippen LogP contribution in [0, 0.1) is 0 Å². The lowest BCUT2D eigenvalue weighted by Gasteiger charge is -2.36. The Hall–Kier alpha value is -1.85. The van der Waals surface area contributed by atoms with Gasteiger partial charge in [0.2, 0.25) is 5.91 Å². The van der Waals surface area contributed by atoms with E-state index in [1.807, 2.05) is 31.2 Å². The van der Waals surface area contributed by atoms with Gasteiger partial charge in [0.15, 0.2) is 0 Å². The van der Waals surface area contributed by atoms with Gasteiger partial charge in [0.05, 0.1) is 5.69 Å². The number of rotatable bonds is 8. The molecule has 2 rings (SSSR count). The van der Waals surface area contributed by atoms with Crippen LogP contribution < -0.4 is 10.1 Å². The fraction of sp³-hybridized carbons (Fsp3) is 0.550. The first-order chi connectivity index (χ1) is 12.0. The Bertz CT molecular complexity index is 580. The van der Waals surface area contributed by atoms with Crippen LogP contribution in [0.15, 0.2) is 36.4 Å². The summed E-state index contributed by atoms with van der Waals surface area (Å²) in [4.78, 5) is 17.1. The van der Waals surface area contributed by atoms with Crippen molar-refractivity contribution in [1.29, 1.82) is 0 Å². The average Bonchev–Trinajstić information content (AvgIpc) is 2.59. The summed E-state index contributed by atoms with van der Waals surface area (Å²) in [5.41, 5.74) is 1.67. The molecular weight excluding hydrogens is 314 g/mol. The van der Waals surface area contributed by atoms with E-state index in [1.54, 1.807) is 0 Å². The Morgan fingerprint density at radius 1 is 1.28 bits per heavy atom. The Labute approximate surface area is 151 Å². The van der Waals surface area contributed by atoms with Gasteiger partial charge in [-0.25, -0.2) is 0 Å². The highest BCUT2D eigenvalue weighted by molar-refractivity contribution is 5.92. The monoisotopic (exact) mass is 345 g/mol. The molecule has 1 aliphatic rings. The van der Waals surface area contributed by atoms with Crippen molar-refractivity contribution in [2.45, 2.75) is 32.7 Å². The lowest BCUT2D eigenvalue weighted by Crippen LogP contribution is -2.48. The topological polar surface area (TPSA) is 44.8 Å². The fourth-order valence-electron chi connectivity index (χ4n) is 2.89. The number of carbonyl (C=O) groups excluding carboxylic acids is 1. The Balaban J connectivity index is 1.81. The molecule has 1 aromatic rings. The van der Waals surface area contributed by atoms with Crippen molar-refractivity contribution in [2.75, 3.05) is 45.2 Å². The normalized spacial score (nSPS) is 17.1. The summed E-state index contributed by atoms with van der Waals surface area (Å²) in [5, 5.41) is 2.98. The number of amides is 1. The number of hydrogen-bond acceptors (Lipinski definition) is 4. The minimum absolute atomic E-state index is 0.0346. The Morgan fingerprint density at radius 3 is 2.64 bits per heavy atom. The van der Waals surface area contributed by atoms with Gasteiger partial charge in [-0.1, -0.05) is 18.7 Å². The zero-order valence-electron chi connectivity index (χ0n) is 15.8. The van der Waals surface area contributed by atoms with Gasteiger partial charge in [0.1, 0.15) is 12.4 Å². The van der Waals surface area contributed by atoms with Crippen LogP contribution in [0.5, 0.6) is 5.75 Å². The van der Waals surface area contributed by atoms with E-state index in [1.165, 1.54) is 0 Å². The molecule has 0 radical (unpaired) electrons. The van der Waals surface area contributed by atoms with Crippen LogP contribution in [-0.2, 0) is 4.79 Å². The summed E-state index contributed by atoms with van der Waals surface area (Å²) < 4.78 is 5.70. The molecule has 25 heavy (non-hydrogen) atoms.